The van der Waals surface area contributed by atoms with Gasteiger partial charge in [0.15, 0.2) is 0 Å². The van der Waals surface area contributed by atoms with E-state index in [1.807, 2.05) is 0 Å². The molecule has 1 rings (SSSR count). The Labute approximate surface area is 86.5 Å². The summed E-state index contributed by atoms with van der Waals surface area (Å²) in [6, 6.07) is 1.73. The molecule has 76 valence electrons. The Kier molecular flexibility index (Phi) is 4.06. The fraction of sp³-hybridized carbons (Fsp3) is 0.250. The van der Waals surface area contributed by atoms with Gasteiger partial charge in [0.25, 0.3) is 0 Å². The molecule has 0 unspecified atom stereocenters. The highest BCUT2D eigenvalue weighted by atomic mass is 32.2. The number of nitrogens with two attached hydrogens (primary N) is 1. The van der Waals surface area contributed by atoms with Crippen molar-refractivity contribution in [3.8, 4) is 11.6 Å². The monoisotopic (exact) mass is 213 g/mol. The number of rotatable bonds is 4. The Hall–Kier alpha value is -1.43. The van der Waals surface area contributed by atoms with Crippen LogP contribution in [0, 0.1) is 0 Å². The fourth-order valence-corrected chi connectivity index (χ4v) is 1.51. The Morgan fingerprint density at radius 1 is 1.50 bits per heavy atom. The normalized spacial score (nSPS) is 10.4. The van der Waals surface area contributed by atoms with E-state index in [1.165, 1.54) is 13.4 Å². The van der Waals surface area contributed by atoms with E-state index in [-0.39, 0.29) is 0 Å². The molecule has 0 bridgehead atoms. The number of hydrogen-bond acceptors (Lipinski definition) is 5. The van der Waals surface area contributed by atoms with Crippen LogP contribution in [0.5, 0.6) is 11.6 Å². The highest BCUT2D eigenvalue weighted by Crippen LogP contribution is 2.35. The molecule has 5 nitrogen and oxygen atoms in total. The molecule has 14 heavy (non-hydrogen) atoms. The molecule has 0 aliphatic heterocycles. The van der Waals surface area contributed by atoms with Crippen LogP contribution in [0.1, 0.15) is 0 Å². The molecule has 0 radical (unpaired) electrons. The van der Waals surface area contributed by atoms with E-state index in [4.69, 9.17) is 15.2 Å². The molecular weight excluding hydrogens is 202 g/mol. The van der Waals surface area contributed by atoms with Gasteiger partial charge < -0.3 is 15.2 Å². The van der Waals surface area contributed by atoms with Crippen molar-refractivity contribution in [1.82, 2.24) is 4.98 Å². The maximum atomic E-state index is 5.14. The van der Waals surface area contributed by atoms with Gasteiger partial charge >= 0.3 is 0 Å². The Bertz CT molecular complexity index is 308. The first-order valence-corrected chi connectivity index (χ1v) is 4.58. The van der Waals surface area contributed by atoms with Gasteiger partial charge in [0.05, 0.1) is 20.6 Å². The lowest BCUT2D eigenvalue weighted by Crippen LogP contribution is -1.94. The van der Waals surface area contributed by atoms with Crippen LogP contribution >= 0.6 is 11.9 Å². The molecule has 6 heteroatoms. The third-order valence-corrected chi connectivity index (χ3v) is 2.24. The summed E-state index contributed by atoms with van der Waals surface area (Å²) in [6.45, 7) is 0. The summed E-state index contributed by atoms with van der Waals surface area (Å²) in [5, 5.41) is 0. The van der Waals surface area contributed by atoms with E-state index >= 15 is 0 Å². The van der Waals surface area contributed by atoms with Crippen molar-refractivity contribution in [2.24, 2.45) is 10.1 Å². The molecule has 1 aromatic heterocycles. The highest BCUT2D eigenvalue weighted by molar-refractivity contribution is 7.98. The van der Waals surface area contributed by atoms with Gasteiger partial charge in [0.2, 0.25) is 5.88 Å². The van der Waals surface area contributed by atoms with Crippen molar-refractivity contribution in [3.05, 3.63) is 12.3 Å². The van der Waals surface area contributed by atoms with Gasteiger partial charge in [-0.15, -0.1) is 0 Å². The molecular formula is C8H11N3O2S. The second kappa shape index (κ2) is 5.33. The number of pyridine rings is 1. The summed E-state index contributed by atoms with van der Waals surface area (Å²) >= 11 is 1.15. The molecule has 0 aliphatic rings. The summed E-state index contributed by atoms with van der Waals surface area (Å²) in [5.41, 5.74) is 5.14. The first-order chi connectivity index (χ1) is 6.83. The molecule has 0 aromatic carbocycles. The maximum Gasteiger partial charge on any atom is 0.232 e. The quantitative estimate of drug-likeness (QED) is 0.460. The molecule has 0 spiro atoms. The van der Waals surface area contributed by atoms with Gasteiger partial charge in [-0.1, -0.05) is 0 Å². The lowest BCUT2D eigenvalue weighted by molar-refractivity contribution is 0.364. The number of methoxy groups -OCH3 is 2. The Balaban J connectivity index is 3.05. The van der Waals surface area contributed by atoms with Crippen LogP contribution < -0.4 is 15.2 Å². The van der Waals surface area contributed by atoms with Crippen LogP contribution in [0.25, 0.3) is 0 Å². The predicted octanol–water partition coefficient (Wildman–Crippen LogP) is 1.09. The molecule has 0 aliphatic carbocycles. The summed E-state index contributed by atoms with van der Waals surface area (Å²) in [7, 11) is 3.11. The van der Waals surface area contributed by atoms with Crippen LogP contribution in [0.4, 0.5) is 0 Å². The third-order valence-electron chi connectivity index (χ3n) is 1.45. The second-order valence-corrected chi connectivity index (χ2v) is 3.00. The zero-order chi connectivity index (χ0) is 10.4. The Morgan fingerprint density at radius 3 is 2.86 bits per heavy atom. The molecule has 1 heterocycles. The summed E-state index contributed by atoms with van der Waals surface area (Å²) in [4.78, 5) is 4.73. The van der Waals surface area contributed by atoms with Crippen LogP contribution in [0.3, 0.4) is 0 Å². The standard InChI is InChI=1S/C8H11N3O2S/c1-12-6-3-4-10-8(13-2)7(6)14-11-5-9/h3-5H,1-2H3,(H2,9,11). The second-order valence-electron chi connectivity index (χ2n) is 2.20. The summed E-state index contributed by atoms with van der Waals surface area (Å²) in [5.74, 6) is 1.13. The van der Waals surface area contributed by atoms with Crippen molar-refractivity contribution >= 4 is 18.3 Å². The largest absolute Gasteiger partial charge is 0.495 e. The van der Waals surface area contributed by atoms with E-state index in [0.29, 0.717) is 16.5 Å². The van der Waals surface area contributed by atoms with Crippen LogP contribution in [0.2, 0.25) is 0 Å². The first-order valence-electron chi connectivity index (χ1n) is 3.81. The lowest BCUT2D eigenvalue weighted by Gasteiger charge is -2.08. The van der Waals surface area contributed by atoms with E-state index in [1.54, 1.807) is 19.4 Å². The van der Waals surface area contributed by atoms with Gasteiger partial charge in [-0.2, -0.15) is 0 Å². The molecule has 0 saturated carbocycles. The van der Waals surface area contributed by atoms with Crippen LogP contribution in [0.15, 0.2) is 21.6 Å². The van der Waals surface area contributed by atoms with Crippen molar-refractivity contribution < 1.29 is 9.47 Å². The van der Waals surface area contributed by atoms with E-state index < -0.39 is 0 Å². The zero-order valence-corrected chi connectivity index (χ0v) is 8.75. The Morgan fingerprint density at radius 2 is 2.29 bits per heavy atom. The minimum absolute atomic E-state index is 0.472. The SMILES string of the molecule is COc1ccnc(OC)c1S/N=C\N. The molecule has 2 N–H and O–H groups in total. The van der Waals surface area contributed by atoms with Crippen molar-refractivity contribution in [3.63, 3.8) is 0 Å². The molecule has 0 saturated heterocycles. The van der Waals surface area contributed by atoms with Crippen molar-refractivity contribution in [2.45, 2.75) is 4.90 Å². The van der Waals surface area contributed by atoms with Gasteiger partial charge in [0, 0.05) is 18.1 Å². The molecule has 0 fully saturated rings. The summed E-state index contributed by atoms with van der Waals surface area (Å²) in [6.07, 6.45) is 2.81. The maximum absolute atomic E-state index is 5.14. The number of aromatic nitrogens is 1. The highest BCUT2D eigenvalue weighted by Gasteiger charge is 2.10. The number of ether oxygens (including phenoxy) is 2. The minimum atomic E-state index is 0.472. The lowest BCUT2D eigenvalue weighted by atomic mass is 10.4. The van der Waals surface area contributed by atoms with E-state index in [0.717, 1.165) is 11.9 Å². The topological polar surface area (TPSA) is 69.7 Å². The van der Waals surface area contributed by atoms with Gasteiger partial charge in [0.1, 0.15) is 10.6 Å². The van der Waals surface area contributed by atoms with Crippen LogP contribution in [-0.2, 0) is 0 Å². The third kappa shape index (κ3) is 2.29. The van der Waals surface area contributed by atoms with Gasteiger partial charge in [-0.25, -0.2) is 9.38 Å². The summed E-state index contributed by atoms with van der Waals surface area (Å²) < 4.78 is 14.0. The van der Waals surface area contributed by atoms with Crippen LogP contribution in [-0.4, -0.2) is 25.5 Å². The molecule has 0 amide bonds. The average Bonchev–Trinajstić information content (AvgIpc) is 2.25. The van der Waals surface area contributed by atoms with E-state index in [2.05, 4.69) is 9.38 Å². The fourth-order valence-electron chi connectivity index (χ4n) is 0.886. The van der Waals surface area contributed by atoms with Gasteiger partial charge in [-0.05, 0) is 6.07 Å². The number of nitrogens with zero attached hydrogens (tertiary/aromatic N) is 2. The first kappa shape index (κ1) is 10.6. The number of hydrogen-bond donors (Lipinski definition) is 1. The average molecular weight is 213 g/mol. The zero-order valence-electron chi connectivity index (χ0n) is 7.93. The van der Waals surface area contributed by atoms with Crippen molar-refractivity contribution in [1.29, 1.82) is 0 Å². The smallest absolute Gasteiger partial charge is 0.232 e. The predicted molar refractivity (Wildman–Crippen MR) is 55.9 cm³/mol. The minimum Gasteiger partial charge on any atom is -0.495 e. The molecule has 0 atom stereocenters. The molecule has 1 aromatic rings. The van der Waals surface area contributed by atoms with Gasteiger partial charge in [-0.3, -0.25) is 0 Å². The van der Waals surface area contributed by atoms with E-state index in [9.17, 15) is 0 Å². The van der Waals surface area contributed by atoms with Crippen molar-refractivity contribution in [2.75, 3.05) is 14.2 Å².